The molecule has 0 fully saturated rings. The summed E-state index contributed by atoms with van der Waals surface area (Å²) in [6.45, 7) is 0.773. The number of aromatic nitrogens is 1. The van der Waals surface area contributed by atoms with Crippen LogP contribution >= 0.6 is 0 Å². The zero-order valence-electron chi connectivity index (χ0n) is 15.9. The van der Waals surface area contributed by atoms with Crippen LogP contribution < -0.4 is 15.8 Å². The van der Waals surface area contributed by atoms with Gasteiger partial charge in [-0.1, -0.05) is 18.2 Å². The van der Waals surface area contributed by atoms with Crippen molar-refractivity contribution in [3.63, 3.8) is 0 Å². The van der Waals surface area contributed by atoms with Crippen molar-refractivity contribution < 1.29 is 13.9 Å². The van der Waals surface area contributed by atoms with Crippen LogP contribution in [0.25, 0.3) is 0 Å². The van der Waals surface area contributed by atoms with Gasteiger partial charge in [-0.2, -0.15) is 0 Å². The van der Waals surface area contributed by atoms with Crippen molar-refractivity contribution in [2.75, 3.05) is 6.54 Å². The third-order valence-corrected chi connectivity index (χ3v) is 5.13. The first-order valence-electron chi connectivity index (χ1n) is 9.63. The van der Waals surface area contributed by atoms with E-state index in [4.69, 9.17) is 10.5 Å². The van der Waals surface area contributed by atoms with E-state index in [1.807, 2.05) is 18.2 Å². The molecule has 1 heterocycles. The fourth-order valence-electron chi connectivity index (χ4n) is 3.65. The summed E-state index contributed by atoms with van der Waals surface area (Å²) < 4.78 is 19.2. The third-order valence-electron chi connectivity index (χ3n) is 5.13. The molecule has 29 heavy (non-hydrogen) atoms. The Hall–Kier alpha value is -3.25. The van der Waals surface area contributed by atoms with Gasteiger partial charge in [-0.15, -0.1) is 0 Å². The van der Waals surface area contributed by atoms with E-state index in [0.29, 0.717) is 17.2 Å². The van der Waals surface area contributed by atoms with Gasteiger partial charge < -0.3 is 15.8 Å². The molecule has 1 aliphatic rings. The molecule has 2 aromatic carbocycles. The van der Waals surface area contributed by atoms with E-state index in [2.05, 4.69) is 16.4 Å². The predicted octanol–water partition coefficient (Wildman–Crippen LogP) is 3.93. The quantitative estimate of drug-likeness (QED) is 0.640. The number of primary amides is 1. The van der Waals surface area contributed by atoms with Crippen LogP contribution in [0.1, 0.15) is 39.5 Å². The summed E-state index contributed by atoms with van der Waals surface area (Å²) in [5.74, 6) is 0.382. The van der Waals surface area contributed by atoms with Crippen LogP contribution in [0.5, 0.6) is 11.6 Å². The number of carbonyl (C=O) groups is 1. The number of rotatable bonds is 7. The largest absolute Gasteiger partial charge is 0.439 e. The van der Waals surface area contributed by atoms with Gasteiger partial charge in [0.05, 0.1) is 5.56 Å². The topological polar surface area (TPSA) is 77.2 Å². The molecule has 0 aliphatic heterocycles. The average molecular weight is 391 g/mol. The molecular formula is C23H22FN3O2. The highest BCUT2D eigenvalue weighted by atomic mass is 19.1. The number of nitrogens with two attached hydrogens (primary N) is 1. The Kier molecular flexibility index (Phi) is 5.53. The molecule has 0 bridgehead atoms. The number of nitrogens with one attached hydrogen (secondary N) is 1. The lowest BCUT2D eigenvalue weighted by Gasteiger charge is -2.15. The molecule has 0 saturated carbocycles. The molecule has 0 radical (unpaired) electrons. The lowest BCUT2D eigenvalue weighted by atomic mass is 10.1. The molecule has 5 nitrogen and oxygen atoms in total. The molecule has 4 rings (SSSR count). The molecule has 1 aromatic heterocycles. The summed E-state index contributed by atoms with van der Waals surface area (Å²) in [6.07, 6.45) is 4.21. The van der Waals surface area contributed by atoms with E-state index in [1.54, 1.807) is 24.3 Å². The molecule has 148 valence electrons. The van der Waals surface area contributed by atoms with Crippen LogP contribution in [0, 0.1) is 5.82 Å². The smallest absolute Gasteiger partial charge is 0.250 e. The van der Waals surface area contributed by atoms with Crippen LogP contribution in [0.3, 0.4) is 0 Å². The van der Waals surface area contributed by atoms with Crippen LogP contribution in [0.4, 0.5) is 4.39 Å². The minimum atomic E-state index is -0.520. The average Bonchev–Trinajstić information content (AvgIpc) is 3.11. The number of pyridine rings is 1. The minimum absolute atomic E-state index is 0.201. The lowest BCUT2D eigenvalue weighted by molar-refractivity contribution is 0.1000. The summed E-state index contributed by atoms with van der Waals surface area (Å²) in [5, 5.41) is 3.57. The van der Waals surface area contributed by atoms with Crippen molar-refractivity contribution in [3.05, 3.63) is 88.9 Å². The number of aryl methyl sites for hydroxylation is 1. The number of hydrogen-bond donors (Lipinski definition) is 2. The molecule has 6 heteroatoms. The van der Waals surface area contributed by atoms with Gasteiger partial charge in [0, 0.05) is 18.3 Å². The maximum Gasteiger partial charge on any atom is 0.250 e. The monoisotopic (exact) mass is 391 g/mol. The van der Waals surface area contributed by atoms with Gasteiger partial charge in [0.15, 0.2) is 0 Å². The van der Waals surface area contributed by atoms with E-state index >= 15 is 0 Å². The Morgan fingerprint density at radius 3 is 2.86 bits per heavy atom. The molecule has 1 atom stereocenters. The summed E-state index contributed by atoms with van der Waals surface area (Å²) in [5.41, 5.74) is 9.08. The highest BCUT2D eigenvalue weighted by Crippen LogP contribution is 2.34. The minimum Gasteiger partial charge on any atom is -0.439 e. The number of hydrogen-bond acceptors (Lipinski definition) is 4. The molecule has 3 N–H and O–H groups in total. The van der Waals surface area contributed by atoms with Gasteiger partial charge in [-0.3, -0.25) is 4.79 Å². The van der Waals surface area contributed by atoms with E-state index in [9.17, 15) is 9.18 Å². The van der Waals surface area contributed by atoms with Gasteiger partial charge in [-0.05, 0) is 72.8 Å². The summed E-state index contributed by atoms with van der Waals surface area (Å²) in [4.78, 5) is 15.3. The van der Waals surface area contributed by atoms with Gasteiger partial charge in [0.25, 0.3) is 0 Å². The van der Waals surface area contributed by atoms with Crippen molar-refractivity contribution in [2.24, 2.45) is 5.73 Å². The number of ether oxygens (including phenoxy) is 1. The molecule has 1 amide bonds. The fraction of sp³-hybridized carbons (Fsp3) is 0.217. The van der Waals surface area contributed by atoms with Gasteiger partial charge in [-0.25, -0.2) is 9.37 Å². The van der Waals surface area contributed by atoms with Gasteiger partial charge in [0.1, 0.15) is 11.6 Å². The van der Waals surface area contributed by atoms with Crippen LogP contribution in [-0.4, -0.2) is 17.4 Å². The number of carbonyl (C=O) groups excluding carboxylic acids is 1. The van der Waals surface area contributed by atoms with E-state index in [-0.39, 0.29) is 11.9 Å². The Balaban J connectivity index is 1.40. The molecular weight excluding hydrogens is 369 g/mol. The Labute approximate surface area is 168 Å². The first-order chi connectivity index (χ1) is 14.1. The molecule has 0 spiro atoms. The Bertz CT molecular complexity index is 1020. The summed E-state index contributed by atoms with van der Waals surface area (Å²) in [7, 11) is 0. The second-order valence-electron chi connectivity index (χ2n) is 7.14. The predicted molar refractivity (Wildman–Crippen MR) is 108 cm³/mol. The summed E-state index contributed by atoms with van der Waals surface area (Å²) in [6, 6.07) is 16.2. The summed E-state index contributed by atoms with van der Waals surface area (Å²) >= 11 is 0. The van der Waals surface area contributed by atoms with E-state index in [0.717, 1.165) is 31.4 Å². The van der Waals surface area contributed by atoms with Gasteiger partial charge >= 0.3 is 0 Å². The van der Waals surface area contributed by atoms with Crippen molar-refractivity contribution in [3.8, 4) is 11.6 Å². The first-order valence-corrected chi connectivity index (χ1v) is 9.63. The SMILES string of the molecule is NC(=O)c1ccc(Oc2ccc3c(c2)C(NCCc2cccc(F)c2)CC3)nc1. The molecule has 3 aromatic rings. The molecule has 1 aliphatic carbocycles. The third kappa shape index (κ3) is 4.60. The number of amides is 1. The number of fused-ring (bicyclic) bond motifs is 1. The zero-order valence-corrected chi connectivity index (χ0v) is 15.9. The van der Waals surface area contributed by atoms with Gasteiger partial charge in [0.2, 0.25) is 11.8 Å². The second kappa shape index (κ2) is 8.41. The normalized spacial score (nSPS) is 15.1. The Morgan fingerprint density at radius 1 is 1.21 bits per heavy atom. The van der Waals surface area contributed by atoms with E-state index < -0.39 is 5.91 Å². The van der Waals surface area contributed by atoms with E-state index in [1.165, 1.54) is 23.4 Å². The van der Waals surface area contributed by atoms with Crippen molar-refractivity contribution in [2.45, 2.75) is 25.3 Å². The second-order valence-corrected chi connectivity index (χ2v) is 7.14. The number of halogens is 1. The molecule has 0 saturated heterocycles. The van der Waals surface area contributed by atoms with Crippen LogP contribution in [-0.2, 0) is 12.8 Å². The number of benzene rings is 2. The van der Waals surface area contributed by atoms with Crippen molar-refractivity contribution in [1.82, 2.24) is 10.3 Å². The standard InChI is InChI=1S/C23H22FN3O2/c24-18-3-1-2-15(12-18)10-11-26-21-8-5-16-4-7-19(13-20(16)21)29-22-9-6-17(14-27-22)23(25)28/h1-4,6-7,9,12-14,21,26H,5,8,10-11H2,(H2,25,28). The molecule has 1 unspecified atom stereocenters. The van der Waals surface area contributed by atoms with Crippen LogP contribution in [0.15, 0.2) is 60.8 Å². The highest BCUT2D eigenvalue weighted by Gasteiger charge is 2.22. The zero-order chi connectivity index (χ0) is 20.2. The first kappa shape index (κ1) is 19.1. The Morgan fingerprint density at radius 2 is 2.10 bits per heavy atom. The van der Waals surface area contributed by atoms with Crippen LogP contribution in [0.2, 0.25) is 0 Å². The lowest BCUT2D eigenvalue weighted by Crippen LogP contribution is -2.22. The van der Waals surface area contributed by atoms with Crippen molar-refractivity contribution >= 4 is 5.91 Å². The highest BCUT2D eigenvalue weighted by molar-refractivity contribution is 5.92. The maximum absolute atomic E-state index is 13.3. The van der Waals surface area contributed by atoms with Crippen molar-refractivity contribution in [1.29, 1.82) is 0 Å². The fourth-order valence-corrected chi connectivity index (χ4v) is 3.65. The maximum atomic E-state index is 13.3. The number of nitrogens with zero attached hydrogens (tertiary/aromatic N) is 1.